The molecule has 1 aliphatic heterocycles. The molecule has 8 heavy (non-hydrogen) atoms. The fourth-order valence-corrected chi connectivity index (χ4v) is 0.780. The van der Waals surface area contributed by atoms with Crippen LogP contribution in [-0.2, 0) is 4.79 Å². The van der Waals surface area contributed by atoms with Gasteiger partial charge in [0.05, 0.1) is 0 Å². The van der Waals surface area contributed by atoms with E-state index in [-0.39, 0.29) is 5.91 Å². The third kappa shape index (κ3) is 0.680. The van der Waals surface area contributed by atoms with Gasteiger partial charge in [0.1, 0.15) is 0 Å². The molecule has 2 nitrogen and oxygen atoms in total. The summed E-state index contributed by atoms with van der Waals surface area (Å²) in [6.07, 6.45) is -0.852. The van der Waals surface area contributed by atoms with Gasteiger partial charge in [0.2, 0.25) is 0 Å². The van der Waals surface area contributed by atoms with Crippen molar-refractivity contribution in [2.75, 3.05) is 13.6 Å². The Bertz CT molecular complexity index is 103. The summed E-state index contributed by atoms with van der Waals surface area (Å²) in [5.74, 6) is -0.370. The van der Waals surface area contributed by atoms with Crippen molar-refractivity contribution in [1.29, 1.82) is 0 Å². The highest BCUT2D eigenvalue weighted by Gasteiger charge is 2.27. The van der Waals surface area contributed by atoms with E-state index in [1.54, 1.807) is 7.05 Å². The lowest BCUT2D eigenvalue weighted by atomic mass is 10.3. The summed E-state index contributed by atoms with van der Waals surface area (Å²) in [4.78, 5) is 11.9. The molecule has 0 aliphatic carbocycles. The van der Waals surface area contributed by atoms with Gasteiger partial charge in [-0.2, -0.15) is 0 Å². The van der Waals surface area contributed by atoms with Crippen LogP contribution in [0.25, 0.3) is 0 Å². The highest BCUT2D eigenvalue weighted by Crippen LogP contribution is 2.10. The minimum atomic E-state index is -1.22. The van der Waals surface area contributed by atoms with E-state index in [4.69, 9.17) is 0 Å². The fourth-order valence-electron chi connectivity index (χ4n) is 0.780. The standard InChI is InChI=1S/C5H8FNO/c1-7-3-2-4(6)5(7)8/h4H,2-3H2,1H3/t4-/m1/s1. The second-order valence-corrected chi connectivity index (χ2v) is 2.02. The van der Waals surface area contributed by atoms with Crippen LogP contribution in [0.2, 0.25) is 0 Å². The number of hydrogen-bond donors (Lipinski definition) is 0. The molecule has 0 N–H and O–H groups in total. The topological polar surface area (TPSA) is 20.3 Å². The van der Waals surface area contributed by atoms with E-state index in [1.807, 2.05) is 0 Å². The Balaban J connectivity index is 2.57. The van der Waals surface area contributed by atoms with E-state index in [2.05, 4.69) is 0 Å². The maximum atomic E-state index is 12.2. The van der Waals surface area contributed by atoms with Crippen molar-refractivity contribution in [3.05, 3.63) is 0 Å². The Morgan fingerprint density at radius 3 is 2.62 bits per heavy atom. The molecule has 1 heterocycles. The summed E-state index contributed by atoms with van der Waals surface area (Å²) in [6, 6.07) is 0. The van der Waals surface area contributed by atoms with Crippen molar-refractivity contribution in [2.24, 2.45) is 0 Å². The van der Waals surface area contributed by atoms with Crippen LogP contribution in [0.5, 0.6) is 0 Å². The average Bonchev–Trinajstić information content (AvgIpc) is 1.98. The molecule has 0 aromatic rings. The maximum Gasteiger partial charge on any atom is 0.256 e. The summed E-state index contributed by atoms with van der Waals surface area (Å²) in [7, 11) is 1.61. The van der Waals surface area contributed by atoms with Gasteiger partial charge in [-0.15, -0.1) is 0 Å². The number of carbonyl (C=O) groups excluding carboxylic acids is 1. The third-order valence-corrected chi connectivity index (χ3v) is 1.36. The number of likely N-dealkylation sites (tertiary alicyclic amines) is 1. The normalized spacial score (nSPS) is 29.5. The molecule has 0 aromatic carbocycles. The second kappa shape index (κ2) is 1.73. The number of alkyl halides is 1. The van der Waals surface area contributed by atoms with Gasteiger partial charge in [-0.25, -0.2) is 4.39 Å². The summed E-state index contributed by atoms with van der Waals surface area (Å²) in [5, 5.41) is 0. The van der Waals surface area contributed by atoms with Gasteiger partial charge in [0.15, 0.2) is 6.17 Å². The van der Waals surface area contributed by atoms with Crippen molar-refractivity contribution in [2.45, 2.75) is 12.6 Å². The summed E-state index contributed by atoms with van der Waals surface area (Å²) >= 11 is 0. The van der Waals surface area contributed by atoms with E-state index in [0.717, 1.165) is 0 Å². The smallest absolute Gasteiger partial charge is 0.256 e. The molecule has 3 heteroatoms. The highest BCUT2D eigenvalue weighted by atomic mass is 19.1. The molecule has 1 saturated heterocycles. The number of halogens is 1. The predicted molar refractivity (Wildman–Crippen MR) is 27.1 cm³/mol. The lowest BCUT2D eigenvalue weighted by Crippen LogP contribution is -2.22. The van der Waals surface area contributed by atoms with Crippen LogP contribution in [0.4, 0.5) is 4.39 Å². The van der Waals surface area contributed by atoms with Crippen LogP contribution in [0.3, 0.4) is 0 Å². The molecule has 0 spiro atoms. The fraction of sp³-hybridized carbons (Fsp3) is 0.800. The van der Waals surface area contributed by atoms with E-state index in [1.165, 1.54) is 4.90 Å². The number of carbonyl (C=O) groups is 1. The molecule has 0 bridgehead atoms. The molecular formula is C5H8FNO. The van der Waals surface area contributed by atoms with Crippen molar-refractivity contribution < 1.29 is 9.18 Å². The van der Waals surface area contributed by atoms with Crippen LogP contribution in [0, 0.1) is 0 Å². The SMILES string of the molecule is CN1CC[C@@H](F)C1=O. The molecule has 46 valence electrons. The number of hydrogen-bond acceptors (Lipinski definition) is 1. The first-order valence-electron chi connectivity index (χ1n) is 2.61. The zero-order valence-electron chi connectivity index (χ0n) is 4.72. The van der Waals surface area contributed by atoms with Crippen molar-refractivity contribution >= 4 is 5.91 Å². The Morgan fingerprint density at radius 1 is 1.88 bits per heavy atom. The molecule has 0 unspecified atom stereocenters. The summed E-state index contributed by atoms with van der Waals surface area (Å²) in [5.41, 5.74) is 0. The Hall–Kier alpha value is -0.600. The van der Waals surface area contributed by atoms with E-state index in [0.29, 0.717) is 13.0 Å². The van der Waals surface area contributed by atoms with E-state index < -0.39 is 6.17 Å². The van der Waals surface area contributed by atoms with Crippen LogP contribution in [0.1, 0.15) is 6.42 Å². The molecular weight excluding hydrogens is 109 g/mol. The second-order valence-electron chi connectivity index (χ2n) is 2.02. The molecule has 0 saturated carbocycles. The summed E-state index contributed by atoms with van der Waals surface area (Å²) < 4.78 is 12.2. The van der Waals surface area contributed by atoms with Gasteiger partial charge in [0, 0.05) is 20.0 Å². The Kier molecular flexibility index (Phi) is 1.19. The van der Waals surface area contributed by atoms with Crippen molar-refractivity contribution in [1.82, 2.24) is 4.90 Å². The van der Waals surface area contributed by atoms with Gasteiger partial charge in [-0.05, 0) is 0 Å². The molecule has 0 radical (unpaired) electrons. The van der Waals surface area contributed by atoms with E-state index in [9.17, 15) is 9.18 Å². The largest absolute Gasteiger partial charge is 0.343 e. The average molecular weight is 117 g/mol. The zero-order valence-corrected chi connectivity index (χ0v) is 4.72. The Labute approximate surface area is 47.3 Å². The van der Waals surface area contributed by atoms with Crippen LogP contribution in [0.15, 0.2) is 0 Å². The zero-order chi connectivity index (χ0) is 6.15. The molecule has 1 amide bonds. The number of rotatable bonds is 0. The quantitative estimate of drug-likeness (QED) is 0.443. The molecule has 1 atom stereocenters. The maximum absolute atomic E-state index is 12.2. The molecule has 1 rings (SSSR count). The van der Waals surface area contributed by atoms with Crippen molar-refractivity contribution in [3.63, 3.8) is 0 Å². The first-order valence-corrected chi connectivity index (χ1v) is 2.61. The first kappa shape index (κ1) is 5.54. The van der Waals surface area contributed by atoms with Gasteiger partial charge in [-0.1, -0.05) is 0 Å². The van der Waals surface area contributed by atoms with Gasteiger partial charge in [-0.3, -0.25) is 4.79 Å². The number of amides is 1. The predicted octanol–water partition coefficient (Wildman–Crippen LogP) is 0.187. The lowest BCUT2D eigenvalue weighted by molar-refractivity contribution is -0.130. The minimum absolute atomic E-state index is 0.370. The third-order valence-electron chi connectivity index (χ3n) is 1.36. The molecule has 0 aromatic heterocycles. The van der Waals surface area contributed by atoms with Gasteiger partial charge < -0.3 is 4.90 Å². The van der Waals surface area contributed by atoms with Crippen LogP contribution < -0.4 is 0 Å². The highest BCUT2D eigenvalue weighted by molar-refractivity contribution is 5.82. The minimum Gasteiger partial charge on any atom is -0.343 e. The van der Waals surface area contributed by atoms with Crippen LogP contribution in [-0.4, -0.2) is 30.6 Å². The monoisotopic (exact) mass is 117 g/mol. The van der Waals surface area contributed by atoms with Crippen LogP contribution >= 0.6 is 0 Å². The number of nitrogens with zero attached hydrogens (tertiary/aromatic N) is 1. The summed E-state index contributed by atoms with van der Waals surface area (Å²) in [6.45, 7) is 0.569. The Morgan fingerprint density at radius 2 is 2.50 bits per heavy atom. The van der Waals surface area contributed by atoms with Crippen molar-refractivity contribution in [3.8, 4) is 0 Å². The van der Waals surface area contributed by atoms with Gasteiger partial charge >= 0.3 is 0 Å². The first-order chi connectivity index (χ1) is 3.72. The lowest BCUT2D eigenvalue weighted by Gasteiger charge is -2.03. The molecule has 1 aliphatic rings. The van der Waals surface area contributed by atoms with E-state index >= 15 is 0 Å². The van der Waals surface area contributed by atoms with Gasteiger partial charge in [0.25, 0.3) is 5.91 Å². The molecule has 1 fully saturated rings.